The standard InChI is InChI=1S/C15H17N3O2/c1-15(2,3)14(20)18-17-13(19)12-9-8-10-6-4-5-7-11(10)16-12/h4-9H,1-3H3,(H,17,19)(H,18,20). The molecule has 1 heterocycles. The molecule has 0 spiro atoms. The summed E-state index contributed by atoms with van der Waals surface area (Å²) < 4.78 is 0. The summed E-state index contributed by atoms with van der Waals surface area (Å²) >= 11 is 0. The Kier molecular flexibility index (Phi) is 3.70. The number of para-hydroxylation sites is 1. The second kappa shape index (κ2) is 5.28. The fourth-order valence-corrected chi connectivity index (χ4v) is 1.56. The summed E-state index contributed by atoms with van der Waals surface area (Å²) in [5.41, 5.74) is 5.19. The van der Waals surface area contributed by atoms with Gasteiger partial charge in [-0.2, -0.15) is 0 Å². The van der Waals surface area contributed by atoms with E-state index in [-0.39, 0.29) is 11.6 Å². The summed E-state index contributed by atoms with van der Waals surface area (Å²) in [5.74, 6) is -0.694. The Bertz CT molecular complexity index is 659. The molecule has 104 valence electrons. The van der Waals surface area contributed by atoms with Crippen molar-refractivity contribution in [2.24, 2.45) is 5.41 Å². The number of carbonyl (C=O) groups is 2. The van der Waals surface area contributed by atoms with Gasteiger partial charge in [-0.25, -0.2) is 4.98 Å². The number of rotatable bonds is 1. The van der Waals surface area contributed by atoms with Gasteiger partial charge < -0.3 is 0 Å². The number of nitrogens with one attached hydrogen (secondary N) is 2. The van der Waals surface area contributed by atoms with Crippen LogP contribution in [-0.2, 0) is 4.79 Å². The third-order valence-corrected chi connectivity index (χ3v) is 2.80. The molecule has 2 N–H and O–H groups in total. The lowest BCUT2D eigenvalue weighted by molar-refractivity contribution is -0.129. The zero-order valence-electron chi connectivity index (χ0n) is 11.7. The molecule has 0 aliphatic heterocycles. The topological polar surface area (TPSA) is 71.1 Å². The van der Waals surface area contributed by atoms with E-state index in [0.29, 0.717) is 0 Å². The molecule has 0 bridgehead atoms. The number of hydrogen-bond donors (Lipinski definition) is 2. The molecule has 20 heavy (non-hydrogen) atoms. The number of hydrogen-bond acceptors (Lipinski definition) is 3. The van der Waals surface area contributed by atoms with Crippen LogP contribution in [0.15, 0.2) is 36.4 Å². The van der Waals surface area contributed by atoms with Crippen molar-refractivity contribution in [3.63, 3.8) is 0 Å². The van der Waals surface area contributed by atoms with Crippen molar-refractivity contribution >= 4 is 22.7 Å². The minimum atomic E-state index is -0.565. The number of amides is 2. The SMILES string of the molecule is CC(C)(C)C(=O)NNC(=O)c1ccc2ccccc2n1. The fraction of sp³-hybridized carbons (Fsp3) is 0.267. The summed E-state index contributed by atoms with van der Waals surface area (Å²) in [6.45, 7) is 5.30. The highest BCUT2D eigenvalue weighted by Crippen LogP contribution is 2.13. The van der Waals surface area contributed by atoms with Crippen LogP contribution in [0, 0.1) is 5.41 Å². The quantitative estimate of drug-likeness (QED) is 0.780. The van der Waals surface area contributed by atoms with E-state index in [1.165, 1.54) is 0 Å². The van der Waals surface area contributed by atoms with Crippen molar-refractivity contribution in [2.45, 2.75) is 20.8 Å². The molecule has 2 amide bonds. The molecular formula is C15H17N3O2. The molecule has 0 aliphatic rings. The van der Waals surface area contributed by atoms with E-state index in [2.05, 4.69) is 15.8 Å². The highest BCUT2D eigenvalue weighted by atomic mass is 16.2. The van der Waals surface area contributed by atoms with E-state index >= 15 is 0 Å². The van der Waals surface area contributed by atoms with Crippen LogP contribution in [-0.4, -0.2) is 16.8 Å². The second-order valence-corrected chi connectivity index (χ2v) is 5.55. The monoisotopic (exact) mass is 271 g/mol. The van der Waals surface area contributed by atoms with Crippen molar-refractivity contribution in [3.8, 4) is 0 Å². The maximum absolute atomic E-state index is 11.9. The Morgan fingerprint density at radius 2 is 1.70 bits per heavy atom. The second-order valence-electron chi connectivity index (χ2n) is 5.55. The first-order chi connectivity index (χ1) is 9.38. The molecule has 1 aromatic heterocycles. The zero-order valence-corrected chi connectivity index (χ0v) is 11.7. The van der Waals surface area contributed by atoms with Crippen molar-refractivity contribution in [2.75, 3.05) is 0 Å². The minimum Gasteiger partial charge on any atom is -0.273 e. The van der Waals surface area contributed by atoms with Gasteiger partial charge in [-0.3, -0.25) is 20.4 Å². The lowest BCUT2D eigenvalue weighted by Crippen LogP contribution is -2.46. The van der Waals surface area contributed by atoms with E-state index in [1.807, 2.05) is 30.3 Å². The largest absolute Gasteiger partial charge is 0.288 e. The first kappa shape index (κ1) is 14.0. The molecule has 5 nitrogen and oxygen atoms in total. The minimum absolute atomic E-state index is 0.258. The average molecular weight is 271 g/mol. The van der Waals surface area contributed by atoms with Crippen molar-refractivity contribution in [3.05, 3.63) is 42.1 Å². The number of fused-ring (bicyclic) bond motifs is 1. The van der Waals surface area contributed by atoms with Crippen LogP contribution >= 0.6 is 0 Å². The third kappa shape index (κ3) is 3.12. The molecular weight excluding hydrogens is 254 g/mol. The summed E-state index contributed by atoms with van der Waals surface area (Å²) in [6, 6.07) is 11.0. The van der Waals surface area contributed by atoms with Gasteiger partial charge in [0.1, 0.15) is 5.69 Å². The van der Waals surface area contributed by atoms with E-state index in [0.717, 1.165) is 10.9 Å². The van der Waals surface area contributed by atoms with Gasteiger partial charge in [0.05, 0.1) is 5.52 Å². The van der Waals surface area contributed by atoms with Crippen LogP contribution in [0.25, 0.3) is 10.9 Å². The smallest absolute Gasteiger partial charge is 0.273 e. The van der Waals surface area contributed by atoms with Gasteiger partial charge in [0.25, 0.3) is 5.91 Å². The van der Waals surface area contributed by atoms with Crippen LogP contribution in [0.3, 0.4) is 0 Å². The van der Waals surface area contributed by atoms with E-state index in [9.17, 15) is 9.59 Å². The summed E-state index contributed by atoms with van der Waals surface area (Å²) in [7, 11) is 0. The molecule has 5 heteroatoms. The van der Waals surface area contributed by atoms with Gasteiger partial charge in [-0.15, -0.1) is 0 Å². The lowest BCUT2D eigenvalue weighted by atomic mass is 9.96. The Balaban J connectivity index is 2.10. The maximum atomic E-state index is 11.9. The molecule has 0 atom stereocenters. The molecule has 1 aromatic carbocycles. The van der Waals surface area contributed by atoms with Crippen molar-refractivity contribution < 1.29 is 9.59 Å². The van der Waals surface area contributed by atoms with E-state index < -0.39 is 11.3 Å². The maximum Gasteiger partial charge on any atom is 0.288 e. The molecule has 0 fully saturated rings. The highest BCUT2D eigenvalue weighted by Gasteiger charge is 2.21. The van der Waals surface area contributed by atoms with Crippen LogP contribution in [0.5, 0.6) is 0 Å². The Labute approximate surface area is 117 Å². The van der Waals surface area contributed by atoms with Crippen molar-refractivity contribution in [1.82, 2.24) is 15.8 Å². The number of benzene rings is 1. The lowest BCUT2D eigenvalue weighted by Gasteiger charge is -2.17. The fourth-order valence-electron chi connectivity index (χ4n) is 1.56. The summed E-state index contributed by atoms with van der Waals surface area (Å²) in [6.07, 6.45) is 0. The van der Waals surface area contributed by atoms with Gasteiger partial charge in [-0.1, -0.05) is 45.0 Å². The number of hydrazine groups is 1. The number of nitrogens with zero attached hydrogens (tertiary/aromatic N) is 1. The number of pyridine rings is 1. The Morgan fingerprint density at radius 1 is 1.00 bits per heavy atom. The molecule has 0 saturated carbocycles. The molecule has 0 saturated heterocycles. The molecule has 0 unspecified atom stereocenters. The van der Waals surface area contributed by atoms with Gasteiger partial charge in [-0.05, 0) is 12.1 Å². The first-order valence-corrected chi connectivity index (χ1v) is 6.34. The van der Waals surface area contributed by atoms with Crippen LogP contribution < -0.4 is 10.9 Å². The molecule has 2 rings (SSSR count). The van der Waals surface area contributed by atoms with E-state index in [4.69, 9.17) is 0 Å². The van der Waals surface area contributed by atoms with Gasteiger partial charge >= 0.3 is 0 Å². The average Bonchev–Trinajstić information content (AvgIpc) is 2.42. The normalized spacial score (nSPS) is 11.2. The third-order valence-electron chi connectivity index (χ3n) is 2.80. The van der Waals surface area contributed by atoms with Gasteiger partial charge in [0.2, 0.25) is 5.91 Å². The Morgan fingerprint density at radius 3 is 2.40 bits per heavy atom. The molecule has 2 aromatic rings. The van der Waals surface area contributed by atoms with Crippen molar-refractivity contribution in [1.29, 1.82) is 0 Å². The predicted octanol–water partition coefficient (Wildman–Crippen LogP) is 2.04. The van der Waals surface area contributed by atoms with E-state index in [1.54, 1.807) is 26.8 Å². The number of carbonyl (C=O) groups excluding carboxylic acids is 2. The van der Waals surface area contributed by atoms with Crippen LogP contribution in [0.2, 0.25) is 0 Å². The number of aromatic nitrogens is 1. The summed E-state index contributed by atoms with van der Waals surface area (Å²) in [4.78, 5) is 27.8. The molecule has 0 aliphatic carbocycles. The van der Waals surface area contributed by atoms with Crippen LogP contribution in [0.4, 0.5) is 0 Å². The Hall–Kier alpha value is -2.43. The first-order valence-electron chi connectivity index (χ1n) is 6.34. The zero-order chi connectivity index (χ0) is 14.8. The molecule has 0 radical (unpaired) electrons. The summed E-state index contributed by atoms with van der Waals surface area (Å²) in [5, 5.41) is 0.961. The van der Waals surface area contributed by atoms with Gasteiger partial charge in [0.15, 0.2) is 0 Å². The highest BCUT2D eigenvalue weighted by molar-refractivity contribution is 5.96. The predicted molar refractivity (Wildman–Crippen MR) is 76.8 cm³/mol. The van der Waals surface area contributed by atoms with Crippen LogP contribution in [0.1, 0.15) is 31.3 Å². The van der Waals surface area contributed by atoms with Gasteiger partial charge in [0, 0.05) is 10.8 Å².